The molecule has 2 aromatic rings. The minimum absolute atomic E-state index is 0.283. The number of hydrogen-bond donors (Lipinski definition) is 1. The van der Waals surface area contributed by atoms with Gasteiger partial charge in [-0.2, -0.15) is 0 Å². The first kappa shape index (κ1) is 15.9. The Morgan fingerprint density at radius 3 is 2.48 bits per heavy atom. The zero-order valence-corrected chi connectivity index (χ0v) is 14.1. The van der Waals surface area contributed by atoms with Crippen LogP contribution >= 0.6 is 0 Å². The van der Waals surface area contributed by atoms with Crippen molar-refractivity contribution in [2.75, 3.05) is 13.2 Å². The van der Waals surface area contributed by atoms with Gasteiger partial charge in [0.1, 0.15) is 13.2 Å². The van der Waals surface area contributed by atoms with Crippen LogP contribution in [0.1, 0.15) is 36.6 Å². The SMILES string of the molecule is Cc1ccccc1CNC(c1ccc2c(c1)OCCO2)C(C)C. The molecule has 0 aliphatic carbocycles. The van der Waals surface area contributed by atoms with Crippen molar-refractivity contribution in [2.24, 2.45) is 5.92 Å². The predicted molar refractivity (Wildman–Crippen MR) is 93.0 cm³/mol. The summed E-state index contributed by atoms with van der Waals surface area (Å²) >= 11 is 0. The number of nitrogens with one attached hydrogen (secondary N) is 1. The van der Waals surface area contributed by atoms with Crippen LogP contribution in [0.2, 0.25) is 0 Å². The van der Waals surface area contributed by atoms with Crippen molar-refractivity contribution in [1.82, 2.24) is 5.32 Å². The molecular formula is C20H25NO2. The van der Waals surface area contributed by atoms with Gasteiger partial charge < -0.3 is 14.8 Å². The van der Waals surface area contributed by atoms with Crippen LogP contribution < -0.4 is 14.8 Å². The van der Waals surface area contributed by atoms with E-state index >= 15 is 0 Å². The van der Waals surface area contributed by atoms with Crippen molar-refractivity contribution < 1.29 is 9.47 Å². The molecule has 1 N–H and O–H groups in total. The fourth-order valence-corrected chi connectivity index (χ4v) is 3.02. The molecule has 1 unspecified atom stereocenters. The van der Waals surface area contributed by atoms with Gasteiger partial charge in [0.25, 0.3) is 0 Å². The molecule has 1 heterocycles. The summed E-state index contributed by atoms with van der Waals surface area (Å²) in [7, 11) is 0. The van der Waals surface area contributed by atoms with Gasteiger partial charge >= 0.3 is 0 Å². The molecule has 0 aromatic heterocycles. The van der Waals surface area contributed by atoms with E-state index in [1.165, 1.54) is 16.7 Å². The molecule has 2 aromatic carbocycles. The van der Waals surface area contributed by atoms with Crippen molar-refractivity contribution in [3.63, 3.8) is 0 Å². The lowest BCUT2D eigenvalue weighted by molar-refractivity contribution is 0.171. The summed E-state index contributed by atoms with van der Waals surface area (Å²) in [6.45, 7) is 8.76. The smallest absolute Gasteiger partial charge is 0.161 e. The second-order valence-electron chi connectivity index (χ2n) is 6.43. The molecule has 122 valence electrons. The van der Waals surface area contributed by atoms with Crippen molar-refractivity contribution in [1.29, 1.82) is 0 Å². The third-order valence-electron chi connectivity index (χ3n) is 4.37. The van der Waals surface area contributed by atoms with E-state index in [-0.39, 0.29) is 6.04 Å². The molecule has 1 atom stereocenters. The monoisotopic (exact) mass is 311 g/mol. The van der Waals surface area contributed by atoms with Crippen LogP contribution in [0.5, 0.6) is 11.5 Å². The first-order valence-electron chi connectivity index (χ1n) is 8.32. The standard InChI is InChI=1S/C20H25NO2/c1-14(2)20(21-13-17-7-5-4-6-15(17)3)16-8-9-18-19(12-16)23-11-10-22-18/h4-9,12,14,20-21H,10-11,13H2,1-3H3. The summed E-state index contributed by atoms with van der Waals surface area (Å²) < 4.78 is 11.3. The number of rotatable bonds is 5. The lowest BCUT2D eigenvalue weighted by atomic mass is 9.95. The third kappa shape index (κ3) is 3.67. The molecule has 0 spiro atoms. The van der Waals surface area contributed by atoms with Crippen molar-refractivity contribution >= 4 is 0 Å². The molecule has 0 saturated heterocycles. The Balaban J connectivity index is 1.78. The van der Waals surface area contributed by atoms with Crippen LogP contribution in [0.4, 0.5) is 0 Å². The summed E-state index contributed by atoms with van der Waals surface area (Å²) in [5, 5.41) is 3.70. The lowest BCUT2D eigenvalue weighted by Gasteiger charge is -2.26. The Morgan fingerprint density at radius 1 is 1.00 bits per heavy atom. The second kappa shape index (κ2) is 7.05. The molecule has 3 rings (SSSR count). The van der Waals surface area contributed by atoms with E-state index in [0.717, 1.165) is 18.0 Å². The van der Waals surface area contributed by atoms with Gasteiger partial charge in [-0.1, -0.05) is 44.2 Å². The summed E-state index contributed by atoms with van der Waals surface area (Å²) in [5.41, 5.74) is 3.92. The van der Waals surface area contributed by atoms with Crippen molar-refractivity contribution in [3.8, 4) is 11.5 Å². The number of aryl methyl sites for hydroxylation is 1. The fourth-order valence-electron chi connectivity index (χ4n) is 3.02. The molecular weight excluding hydrogens is 286 g/mol. The minimum Gasteiger partial charge on any atom is -0.486 e. The first-order chi connectivity index (χ1) is 11.1. The highest BCUT2D eigenvalue weighted by atomic mass is 16.6. The molecule has 0 bridgehead atoms. The normalized spacial score (nSPS) is 14.8. The maximum absolute atomic E-state index is 5.72. The number of fused-ring (bicyclic) bond motifs is 1. The number of ether oxygens (including phenoxy) is 2. The first-order valence-corrected chi connectivity index (χ1v) is 8.32. The molecule has 3 nitrogen and oxygen atoms in total. The van der Waals surface area contributed by atoms with Crippen molar-refractivity contribution in [3.05, 3.63) is 59.2 Å². The largest absolute Gasteiger partial charge is 0.486 e. The second-order valence-corrected chi connectivity index (χ2v) is 6.43. The van der Waals surface area contributed by atoms with E-state index in [0.29, 0.717) is 19.1 Å². The Morgan fingerprint density at radius 2 is 1.74 bits per heavy atom. The number of benzene rings is 2. The van der Waals surface area contributed by atoms with Crippen LogP contribution in [-0.4, -0.2) is 13.2 Å². The minimum atomic E-state index is 0.283. The van der Waals surface area contributed by atoms with E-state index < -0.39 is 0 Å². The van der Waals surface area contributed by atoms with Crippen LogP contribution in [0.3, 0.4) is 0 Å². The van der Waals surface area contributed by atoms with E-state index in [1.807, 2.05) is 6.07 Å². The summed E-state index contributed by atoms with van der Waals surface area (Å²) in [4.78, 5) is 0. The van der Waals surface area contributed by atoms with Gasteiger partial charge in [-0.25, -0.2) is 0 Å². The van der Waals surface area contributed by atoms with E-state index in [9.17, 15) is 0 Å². The Bertz CT molecular complexity index is 666. The topological polar surface area (TPSA) is 30.5 Å². The van der Waals surface area contributed by atoms with E-state index in [2.05, 4.69) is 62.5 Å². The van der Waals surface area contributed by atoms with E-state index in [1.54, 1.807) is 0 Å². The van der Waals surface area contributed by atoms with Gasteiger partial charge in [-0.15, -0.1) is 0 Å². The summed E-state index contributed by atoms with van der Waals surface area (Å²) in [6.07, 6.45) is 0. The summed E-state index contributed by atoms with van der Waals surface area (Å²) in [5.74, 6) is 2.19. The molecule has 1 aliphatic rings. The highest BCUT2D eigenvalue weighted by Gasteiger charge is 2.19. The van der Waals surface area contributed by atoms with Gasteiger partial charge in [0, 0.05) is 12.6 Å². The molecule has 23 heavy (non-hydrogen) atoms. The third-order valence-corrected chi connectivity index (χ3v) is 4.37. The Labute approximate surface area is 138 Å². The molecule has 3 heteroatoms. The van der Waals surface area contributed by atoms with Crippen LogP contribution in [0, 0.1) is 12.8 Å². The van der Waals surface area contributed by atoms with E-state index in [4.69, 9.17) is 9.47 Å². The lowest BCUT2D eigenvalue weighted by Crippen LogP contribution is -2.26. The average Bonchev–Trinajstić information content (AvgIpc) is 2.56. The average molecular weight is 311 g/mol. The van der Waals surface area contributed by atoms with Crippen LogP contribution in [0.25, 0.3) is 0 Å². The van der Waals surface area contributed by atoms with Crippen molar-refractivity contribution in [2.45, 2.75) is 33.4 Å². The fraction of sp³-hybridized carbons (Fsp3) is 0.400. The zero-order valence-electron chi connectivity index (χ0n) is 14.1. The van der Waals surface area contributed by atoms with Gasteiger partial charge in [0.05, 0.1) is 0 Å². The number of hydrogen-bond acceptors (Lipinski definition) is 3. The Hall–Kier alpha value is -2.00. The maximum atomic E-state index is 5.72. The van der Waals surface area contributed by atoms with Crippen LogP contribution in [-0.2, 0) is 6.54 Å². The molecule has 0 saturated carbocycles. The summed E-state index contributed by atoms with van der Waals surface area (Å²) in [6, 6.07) is 15.1. The van der Waals surface area contributed by atoms with Gasteiger partial charge in [0.2, 0.25) is 0 Å². The van der Waals surface area contributed by atoms with Gasteiger partial charge in [0.15, 0.2) is 11.5 Å². The quantitative estimate of drug-likeness (QED) is 0.895. The zero-order chi connectivity index (χ0) is 16.2. The van der Waals surface area contributed by atoms with Gasteiger partial charge in [-0.05, 0) is 41.7 Å². The predicted octanol–water partition coefficient (Wildman–Crippen LogP) is 4.25. The maximum Gasteiger partial charge on any atom is 0.161 e. The molecule has 0 amide bonds. The highest BCUT2D eigenvalue weighted by molar-refractivity contribution is 5.44. The molecule has 1 aliphatic heterocycles. The Kier molecular flexibility index (Phi) is 4.87. The van der Waals surface area contributed by atoms with Crippen LogP contribution in [0.15, 0.2) is 42.5 Å². The highest BCUT2D eigenvalue weighted by Crippen LogP contribution is 2.34. The van der Waals surface area contributed by atoms with Gasteiger partial charge in [-0.3, -0.25) is 0 Å². The molecule has 0 radical (unpaired) electrons. The molecule has 0 fully saturated rings.